The van der Waals surface area contributed by atoms with Gasteiger partial charge in [-0.25, -0.2) is 4.98 Å². The number of thiazole rings is 1. The third-order valence-electron chi connectivity index (χ3n) is 6.42. The van der Waals surface area contributed by atoms with Gasteiger partial charge in [-0.2, -0.15) is 0 Å². The largest absolute Gasteiger partial charge is 0.503 e. The summed E-state index contributed by atoms with van der Waals surface area (Å²) in [6.45, 7) is 3.05. The minimum atomic E-state index is -1.16. The lowest BCUT2D eigenvalue weighted by atomic mass is 9.94. The van der Waals surface area contributed by atoms with Gasteiger partial charge in [0.05, 0.1) is 43.5 Å². The van der Waals surface area contributed by atoms with E-state index in [0.29, 0.717) is 32.9 Å². The second-order valence-electron chi connectivity index (χ2n) is 8.74. The summed E-state index contributed by atoms with van der Waals surface area (Å²) in [5, 5.41) is 11.9. The van der Waals surface area contributed by atoms with Crippen LogP contribution in [-0.4, -0.2) is 48.9 Å². The average Bonchev–Trinajstić information content (AvgIpc) is 3.61. The number of carbonyl (C=O) groups is 3. The molecule has 0 saturated carbocycles. The molecule has 1 aliphatic rings. The van der Waals surface area contributed by atoms with Crippen LogP contribution in [-0.2, 0) is 4.79 Å². The fourth-order valence-corrected chi connectivity index (χ4v) is 5.64. The van der Waals surface area contributed by atoms with Gasteiger partial charge in [0.25, 0.3) is 5.91 Å². The topological polar surface area (TPSA) is 128 Å². The molecular weight excluding hydrogens is 524 g/mol. The van der Waals surface area contributed by atoms with Gasteiger partial charge in [-0.1, -0.05) is 29.5 Å². The van der Waals surface area contributed by atoms with E-state index < -0.39 is 23.5 Å². The van der Waals surface area contributed by atoms with E-state index in [1.807, 2.05) is 0 Å². The molecule has 1 aliphatic heterocycles. The molecular formula is C28H24N2O8S. The Morgan fingerprint density at radius 3 is 2.28 bits per heavy atom. The van der Waals surface area contributed by atoms with Crippen LogP contribution in [0.15, 0.2) is 58.2 Å². The zero-order valence-electron chi connectivity index (χ0n) is 21.7. The zero-order chi connectivity index (χ0) is 28.0. The fraction of sp³-hybridized carbons (Fsp3) is 0.214. The summed E-state index contributed by atoms with van der Waals surface area (Å²) < 4.78 is 22.2. The highest BCUT2D eigenvalue weighted by Crippen LogP contribution is 2.48. The number of ketones is 2. The first-order chi connectivity index (χ1) is 18.7. The van der Waals surface area contributed by atoms with Gasteiger partial charge in [0.2, 0.25) is 11.5 Å². The predicted molar refractivity (Wildman–Crippen MR) is 143 cm³/mol. The molecule has 200 valence electrons. The monoisotopic (exact) mass is 548 g/mol. The van der Waals surface area contributed by atoms with Crippen molar-refractivity contribution >= 4 is 44.9 Å². The molecule has 39 heavy (non-hydrogen) atoms. The van der Waals surface area contributed by atoms with Crippen molar-refractivity contribution in [3.05, 3.63) is 75.7 Å². The van der Waals surface area contributed by atoms with Gasteiger partial charge in [-0.3, -0.25) is 19.3 Å². The second kappa shape index (κ2) is 9.91. The minimum absolute atomic E-state index is 0.0513. The molecule has 1 unspecified atom stereocenters. The summed E-state index contributed by atoms with van der Waals surface area (Å²) in [5.41, 5.74) is 1.06. The minimum Gasteiger partial charge on any atom is -0.503 e. The van der Waals surface area contributed by atoms with Crippen molar-refractivity contribution in [3.8, 4) is 17.2 Å². The molecule has 0 aliphatic carbocycles. The number of rotatable bonds is 8. The first kappa shape index (κ1) is 26.0. The Balaban J connectivity index is 1.73. The molecule has 1 atom stereocenters. The molecule has 2 aromatic heterocycles. The lowest BCUT2D eigenvalue weighted by Crippen LogP contribution is -2.31. The third-order valence-corrected chi connectivity index (χ3v) is 7.67. The normalized spacial score (nSPS) is 15.3. The van der Waals surface area contributed by atoms with Crippen LogP contribution in [0, 0.1) is 6.92 Å². The lowest BCUT2D eigenvalue weighted by Gasteiger charge is -2.25. The first-order valence-corrected chi connectivity index (χ1v) is 12.6. The van der Waals surface area contributed by atoms with E-state index in [1.165, 1.54) is 33.2 Å². The third kappa shape index (κ3) is 4.20. The molecule has 4 aromatic rings. The Morgan fingerprint density at radius 1 is 1.05 bits per heavy atom. The number of benzene rings is 2. The van der Waals surface area contributed by atoms with E-state index in [9.17, 15) is 19.5 Å². The van der Waals surface area contributed by atoms with Crippen LogP contribution in [0.25, 0.3) is 11.0 Å². The van der Waals surface area contributed by atoms with E-state index in [-0.39, 0.29) is 33.7 Å². The number of aliphatic hydroxyl groups is 1. The molecule has 0 bridgehead atoms. The van der Waals surface area contributed by atoms with E-state index >= 15 is 0 Å². The quantitative estimate of drug-likeness (QED) is 0.295. The van der Waals surface area contributed by atoms with Crippen LogP contribution in [0.2, 0.25) is 0 Å². The van der Waals surface area contributed by atoms with Crippen LogP contribution in [0.4, 0.5) is 5.13 Å². The molecule has 0 radical (unpaired) electrons. The number of carbonyl (C=O) groups excluding carboxylic acids is 3. The molecule has 3 heterocycles. The van der Waals surface area contributed by atoms with Crippen LogP contribution in [0.1, 0.15) is 44.4 Å². The number of anilines is 1. The highest BCUT2D eigenvalue weighted by molar-refractivity contribution is 7.17. The van der Waals surface area contributed by atoms with Gasteiger partial charge < -0.3 is 23.7 Å². The Kier molecular flexibility index (Phi) is 6.61. The number of hydrogen-bond donors (Lipinski definition) is 1. The highest BCUT2D eigenvalue weighted by Gasteiger charge is 2.47. The number of nitrogens with zero attached hydrogens (tertiary/aromatic N) is 2. The Bertz CT molecular complexity index is 1620. The van der Waals surface area contributed by atoms with E-state index in [2.05, 4.69) is 4.98 Å². The van der Waals surface area contributed by atoms with Crippen LogP contribution in [0.5, 0.6) is 17.2 Å². The molecule has 1 amide bonds. The van der Waals surface area contributed by atoms with Gasteiger partial charge in [-0.15, -0.1) is 0 Å². The van der Waals surface area contributed by atoms with Crippen LogP contribution >= 0.6 is 11.3 Å². The molecule has 1 N–H and O–H groups in total. The summed E-state index contributed by atoms with van der Waals surface area (Å²) in [6, 6.07) is 10.6. The van der Waals surface area contributed by atoms with E-state index in [4.69, 9.17) is 18.6 Å². The molecule has 5 rings (SSSR count). The molecule has 10 nitrogen and oxygen atoms in total. The maximum absolute atomic E-state index is 13.9. The number of para-hydroxylation sites is 1. The van der Waals surface area contributed by atoms with Gasteiger partial charge in [0, 0.05) is 12.3 Å². The molecule has 0 fully saturated rings. The zero-order valence-corrected chi connectivity index (χ0v) is 22.5. The van der Waals surface area contributed by atoms with Crippen LogP contribution < -0.4 is 19.1 Å². The van der Waals surface area contributed by atoms with Gasteiger partial charge >= 0.3 is 0 Å². The molecule has 11 heteroatoms. The Labute approximate surface area is 227 Å². The maximum Gasteiger partial charge on any atom is 0.296 e. The molecule has 0 saturated heterocycles. The van der Waals surface area contributed by atoms with Crippen LogP contribution in [0.3, 0.4) is 0 Å². The van der Waals surface area contributed by atoms with Crippen molar-refractivity contribution in [2.45, 2.75) is 19.9 Å². The fourth-order valence-electron chi connectivity index (χ4n) is 4.65. The van der Waals surface area contributed by atoms with Gasteiger partial charge in [0.15, 0.2) is 33.9 Å². The molecule has 0 spiro atoms. The van der Waals surface area contributed by atoms with Crippen molar-refractivity contribution < 1.29 is 38.1 Å². The standard InChI is InChI=1S/C28H24N2O8S/c1-13-26(14(2)31)39-28(29-13)30-22(16-11-19(35-3)25(37-5)20(12-16)36-4)21(24(33)27(30)34)23(32)18-10-15-8-6-7-9-17(15)38-18/h6-12,22,33H,1-5H3. The maximum atomic E-state index is 13.9. The number of methoxy groups -OCH3 is 3. The Hall–Kier alpha value is -4.64. The number of amides is 1. The number of fused-ring (bicyclic) bond motifs is 1. The van der Waals surface area contributed by atoms with Gasteiger partial charge in [-0.05, 0) is 36.8 Å². The summed E-state index contributed by atoms with van der Waals surface area (Å²) in [5.74, 6) is -1.69. The number of hydrogen-bond acceptors (Lipinski definition) is 10. The number of Topliss-reactive ketones (excluding diaryl/α,β-unsaturated/α-hetero) is 2. The van der Waals surface area contributed by atoms with E-state index in [1.54, 1.807) is 49.4 Å². The summed E-state index contributed by atoms with van der Waals surface area (Å²) in [6.07, 6.45) is 0. The number of aliphatic hydroxyl groups excluding tert-OH is 1. The summed E-state index contributed by atoms with van der Waals surface area (Å²) in [4.78, 5) is 45.6. The SMILES string of the molecule is COc1cc(C2C(C(=O)c3cc4ccccc4o3)=C(O)C(=O)N2c2nc(C)c(C(C)=O)s2)cc(OC)c1OC. The van der Waals surface area contributed by atoms with Crippen molar-refractivity contribution in [2.75, 3.05) is 26.2 Å². The smallest absolute Gasteiger partial charge is 0.296 e. The molecule has 2 aromatic carbocycles. The number of aromatic nitrogens is 1. The van der Waals surface area contributed by atoms with Crippen molar-refractivity contribution in [2.24, 2.45) is 0 Å². The number of furan rings is 1. The van der Waals surface area contributed by atoms with Crippen molar-refractivity contribution in [1.29, 1.82) is 0 Å². The highest BCUT2D eigenvalue weighted by atomic mass is 32.1. The Morgan fingerprint density at radius 2 is 1.72 bits per heavy atom. The summed E-state index contributed by atoms with van der Waals surface area (Å²) in [7, 11) is 4.33. The first-order valence-electron chi connectivity index (χ1n) is 11.8. The van der Waals surface area contributed by atoms with E-state index in [0.717, 1.165) is 11.3 Å². The average molecular weight is 549 g/mol. The second-order valence-corrected chi connectivity index (χ2v) is 9.72. The van der Waals surface area contributed by atoms with Gasteiger partial charge in [0.1, 0.15) is 5.58 Å². The number of aryl methyl sites for hydroxylation is 1. The number of ether oxygens (including phenoxy) is 3. The van der Waals surface area contributed by atoms with Crippen molar-refractivity contribution in [3.63, 3.8) is 0 Å². The summed E-state index contributed by atoms with van der Waals surface area (Å²) >= 11 is 0.995. The lowest BCUT2D eigenvalue weighted by molar-refractivity contribution is -0.117. The van der Waals surface area contributed by atoms with Crippen molar-refractivity contribution in [1.82, 2.24) is 4.98 Å². The predicted octanol–water partition coefficient (Wildman–Crippen LogP) is 5.21.